The number of nitrogens with one attached hydrogen (secondary N) is 1. The molecule has 1 aromatic carbocycles. The first-order valence-corrected chi connectivity index (χ1v) is 6.84. The highest BCUT2D eigenvalue weighted by atomic mass is 79.9. The van der Waals surface area contributed by atoms with Gasteiger partial charge in [0.15, 0.2) is 0 Å². The van der Waals surface area contributed by atoms with Crippen LogP contribution in [0.2, 0.25) is 10.0 Å². The van der Waals surface area contributed by atoms with Crippen molar-refractivity contribution in [2.24, 2.45) is 0 Å². The number of aromatic amines is 1. The maximum atomic E-state index is 10.8. The Morgan fingerprint density at radius 2 is 2.20 bits per heavy atom. The fraction of sp³-hybridized carbons (Fsp3) is 0. The molecule has 102 valence electrons. The second kappa shape index (κ2) is 4.76. The highest BCUT2D eigenvalue weighted by molar-refractivity contribution is 9.10. The molecule has 0 aliphatic rings. The SMILES string of the molecule is O=C(O)c1cnn(-c2nc3c(Br)c(Cl)c(Cl)cc3[nH]2)c1. The largest absolute Gasteiger partial charge is 0.478 e. The Labute approximate surface area is 130 Å². The average molecular weight is 376 g/mol. The summed E-state index contributed by atoms with van der Waals surface area (Å²) in [5.41, 5.74) is 1.32. The van der Waals surface area contributed by atoms with Gasteiger partial charge in [-0.25, -0.2) is 14.5 Å². The molecule has 0 fully saturated rings. The van der Waals surface area contributed by atoms with E-state index < -0.39 is 5.97 Å². The molecular formula is C11H5BrCl2N4O2. The van der Waals surface area contributed by atoms with Crippen LogP contribution in [0.1, 0.15) is 10.4 Å². The molecule has 0 bridgehead atoms. The smallest absolute Gasteiger partial charge is 0.338 e. The Hall–Kier alpha value is -1.57. The van der Waals surface area contributed by atoms with Crippen LogP contribution >= 0.6 is 39.1 Å². The van der Waals surface area contributed by atoms with Crippen molar-refractivity contribution in [2.75, 3.05) is 0 Å². The Morgan fingerprint density at radius 1 is 1.45 bits per heavy atom. The summed E-state index contributed by atoms with van der Waals surface area (Å²) in [4.78, 5) is 18.2. The summed E-state index contributed by atoms with van der Waals surface area (Å²) in [5.74, 6) is -0.689. The lowest BCUT2D eigenvalue weighted by Gasteiger charge is -1.98. The molecule has 0 saturated heterocycles. The molecule has 0 unspecified atom stereocenters. The van der Waals surface area contributed by atoms with Crippen LogP contribution in [0, 0.1) is 0 Å². The van der Waals surface area contributed by atoms with Gasteiger partial charge in [-0.05, 0) is 22.0 Å². The zero-order valence-corrected chi connectivity index (χ0v) is 12.7. The number of carboxylic acids is 1. The van der Waals surface area contributed by atoms with E-state index in [1.165, 1.54) is 17.1 Å². The van der Waals surface area contributed by atoms with Gasteiger partial charge in [0, 0.05) is 6.20 Å². The third-order valence-electron chi connectivity index (χ3n) is 2.65. The number of hydrogen-bond acceptors (Lipinski definition) is 3. The zero-order valence-electron chi connectivity index (χ0n) is 9.56. The van der Waals surface area contributed by atoms with E-state index in [4.69, 9.17) is 28.3 Å². The van der Waals surface area contributed by atoms with E-state index in [1.807, 2.05) is 0 Å². The standard InChI is InChI=1S/C11H5BrCl2N4O2/c12-7-8(14)5(13)1-6-9(7)17-11(16-6)18-3-4(2-15-18)10(19)20/h1-3H,(H,16,17)(H,19,20). The van der Waals surface area contributed by atoms with Gasteiger partial charge < -0.3 is 10.1 Å². The fourth-order valence-electron chi connectivity index (χ4n) is 1.70. The monoisotopic (exact) mass is 374 g/mol. The summed E-state index contributed by atoms with van der Waals surface area (Å²) in [6, 6.07) is 1.64. The van der Waals surface area contributed by atoms with Gasteiger partial charge in [-0.2, -0.15) is 5.10 Å². The lowest BCUT2D eigenvalue weighted by molar-refractivity contribution is 0.0697. The van der Waals surface area contributed by atoms with E-state index in [2.05, 4.69) is 31.0 Å². The molecule has 20 heavy (non-hydrogen) atoms. The summed E-state index contributed by atoms with van der Waals surface area (Å²) >= 11 is 15.3. The molecule has 0 atom stereocenters. The molecule has 2 N–H and O–H groups in total. The van der Waals surface area contributed by atoms with Gasteiger partial charge in [0.1, 0.15) is 5.52 Å². The summed E-state index contributed by atoms with van der Waals surface area (Å²) in [6.45, 7) is 0. The molecule has 0 radical (unpaired) electrons. The van der Waals surface area contributed by atoms with E-state index in [-0.39, 0.29) is 5.56 Å². The van der Waals surface area contributed by atoms with E-state index in [9.17, 15) is 4.79 Å². The molecular weight excluding hydrogens is 371 g/mol. The number of nitrogens with zero attached hydrogens (tertiary/aromatic N) is 3. The van der Waals surface area contributed by atoms with Gasteiger partial charge in [-0.1, -0.05) is 23.2 Å². The normalized spacial score (nSPS) is 11.2. The minimum Gasteiger partial charge on any atom is -0.478 e. The third-order valence-corrected chi connectivity index (χ3v) is 4.43. The molecule has 3 aromatic rings. The van der Waals surface area contributed by atoms with Crippen molar-refractivity contribution in [3.05, 3.63) is 38.5 Å². The fourth-order valence-corrected chi connectivity index (χ4v) is 2.68. The first kappa shape index (κ1) is 13.4. The van der Waals surface area contributed by atoms with Gasteiger partial charge in [0.2, 0.25) is 5.95 Å². The molecule has 2 aromatic heterocycles. The predicted octanol–water partition coefficient (Wildman–Crippen LogP) is 3.52. The summed E-state index contributed by atoms with van der Waals surface area (Å²) in [5, 5.41) is 13.6. The number of halogens is 3. The number of aromatic nitrogens is 4. The number of imidazole rings is 1. The van der Waals surface area contributed by atoms with Crippen LogP contribution in [0.3, 0.4) is 0 Å². The predicted molar refractivity (Wildman–Crippen MR) is 77.9 cm³/mol. The van der Waals surface area contributed by atoms with Crippen molar-refractivity contribution >= 4 is 56.1 Å². The second-order valence-corrected chi connectivity index (χ2v) is 5.50. The number of aromatic carboxylic acids is 1. The average Bonchev–Trinajstić information content (AvgIpc) is 3.01. The molecule has 0 saturated carbocycles. The molecule has 6 nitrogen and oxygen atoms in total. The van der Waals surface area contributed by atoms with Crippen molar-refractivity contribution in [2.45, 2.75) is 0 Å². The van der Waals surface area contributed by atoms with E-state index in [0.717, 1.165) is 0 Å². The van der Waals surface area contributed by atoms with Crippen molar-refractivity contribution in [1.29, 1.82) is 0 Å². The minimum atomic E-state index is -1.06. The number of rotatable bonds is 2. The molecule has 3 rings (SSSR count). The molecule has 0 spiro atoms. The Kier molecular flexibility index (Phi) is 3.19. The van der Waals surface area contributed by atoms with Gasteiger partial charge in [0.25, 0.3) is 0 Å². The number of carbonyl (C=O) groups is 1. The molecule has 0 aliphatic carbocycles. The minimum absolute atomic E-state index is 0.0700. The maximum absolute atomic E-state index is 10.8. The Bertz CT molecular complexity index is 842. The zero-order chi connectivity index (χ0) is 14.4. The lowest BCUT2D eigenvalue weighted by atomic mass is 10.3. The van der Waals surface area contributed by atoms with Crippen LogP contribution in [-0.2, 0) is 0 Å². The van der Waals surface area contributed by atoms with E-state index >= 15 is 0 Å². The topological polar surface area (TPSA) is 83.8 Å². The van der Waals surface area contributed by atoms with Crippen LogP contribution < -0.4 is 0 Å². The molecule has 9 heteroatoms. The number of fused-ring (bicyclic) bond motifs is 1. The number of H-pyrrole nitrogens is 1. The van der Waals surface area contributed by atoms with Crippen molar-refractivity contribution in [3.63, 3.8) is 0 Å². The van der Waals surface area contributed by atoms with E-state index in [0.29, 0.717) is 31.5 Å². The van der Waals surface area contributed by atoms with Crippen molar-refractivity contribution in [1.82, 2.24) is 19.7 Å². The lowest BCUT2D eigenvalue weighted by Crippen LogP contribution is -1.97. The number of hydrogen-bond donors (Lipinski definition) is 2. The molecule has 0 amide bonds. The van der Waals surface area contributed by atoms with Gasteiger partial charge in [-0.15, -0.1) is 0 Å². The summed E-state index contributed by atoms with van der Waals surface area (Å²) in [7, 11) is 0. The van der Waals surface area contributed by atoms with Crippen molar-refractivity contribution in [3.8, 4) is 5.95 Å². The highest BCUT2D eigenvalue weighted by Gasteiger charge is 2.15. The first-order chi connectivity index (χ1) is 9.47. The second-order valence-electron chi connectivity index (χ2n) is 3.92. The van der Waals surface area contributed by atoms with Crippen LogP contribution in [-0.4, -0.2) is 30.8 Å². The van der Waals surface area contributed by atoms with E-state index in [1.54, 1.807) is 6.07 Å². The first-order valence-electron chi connectivity index (χ1n) is 5.29. The third kappa shape index (κ3) is 2.07. The van der Waals surface area contributed by atoms with Gasteiger partial charge in [-0.3, -0.25) is 0 Å². The van der Waals surface area contributed by atoms with Gasteiger partial charge in [0.05, 0.1) is 31.8 Å². The Balaban J connectivity index is 2.17. The van der Waals surface area contributed by atoms with Crippen LogP contribution in [0.25, 0.3) is 17.0 Å². The Morgan fingerprint density at radius 3 is 2.85 bits per heavy atom. The van der Waals surface area contributed by atoms with Crippen LogP contribution in [0.5, 0.6) is 0 Å². The quantitative estimate of drug-likeness (QED) is 0.671. The van der Waals surface area contributed by atoms with Crippen molar-refractivity contribution < 1.29 is 9.90 Å². The van der Waals surface area contributed by atoms with Gasteiger partial charge >= 0.3 is 5.97 Å². The number of benzene rings is 1. The number of carboxylic acid groups (broad SMARTS) is 1. The summed E-state index contributed by atoms with van der Waals surface area (Å²) in [6.07, 6.45) is 2.60. The molecule has 0 aliphatic heterocycles. The van der Waals surface area contributed by atoms with Crippen LogP contribution in [0.4, 0.5) is 0 Å². The maximum Gasteiger partial charge on any atom is 0.338 e. The summed E-state index contributed by atoms with van der Waals surface area (Å²) < 4.78 is 1.90. The molecule has 2 heterocycles. The van der Waals surface area contributed by atoms with Crippen LogP contribution in [0.15, 0.2) is 22.9 Å². The highest BCUT2D eigenvalue weighted by Crippen LogP contribution is 2.36.